The number of rotatable bonds is 7. The Bertz CT molecular complexity index is 347. The number of nitrogens with one attached hydrogen (secondary N) is 1. The van der Waals surface area contributed by atoms with Crippen LogP contribution in [0.3, 0.4) is 0 Å². The van der Waals surface area contributed by atoms with Gasteiger partial charge in [0.1, 0.15) is 0 Å². The highest BCUT2D eigenvalue weighted by Gasteiger charge is 2.43. The fourth-order valence-electron chi connectivity index (χ4n) is 3.29. The Kier molecular flexibility index (Phi) is 4.48. The number of nitrogens with zero attached hydrogens (tertiary/aromatic N) is 1. The molecule has 3 rings (SSSR count). The number of halogens is 3. The van der Waals surface area contributed by atoms with E-state index in [0.29, 0.717) is 19.2 Å². The van der Waals surface area contributed by atoms with Crippen LogP contribution >= 0.6 is 0 Å². The Morgan fingerprint density at radius 2 is 1.95 bits per heavy atom. The standard InChI is InChI=1S/C15H25F3N2O/c16-15(17,18)10-20(13-4-5-13)9-14(6-1-7-21-11-14)8-19-12-2-3-12/h12-13,19H,1-11H2. The summed E-state index contributed by atoms with van der Waals surface area (Å²) in [4.78, 5) is 1.66. The summed E-state index contributed by atoms with van der Waals surface area (Å²) in [6, 6.07) is 0.715. The molecule has 1 aliphatic heterocycles. The van der Waals surface area contributed by atoms with Gasteiger partial charge in [-0.1, -0.05) is 0 Å². The molecule has 1 atom stereocenters. The fraction of sp³-hybridized carbons (Fsp3) is 1.00. The molecule has 1 N–H and O–H groups in total. The number of ether oxygens (including phenoxy) is 1. The number of hydrogen-bond donors (Lipinski definition) is 1. The maximum Gasteiger partial charge on any atom is 0.401 e. The predicted octanol–water partition coefficient (Wildman–Crippen LogP) is 2.56. The van der Waals surface area contributed by atoms with Crippen molar-refractivity contribution in [3.8, 4) is 0 Å². The van der Waals surface area contributed by atoms with Crippen LogP contribution in [0.4, 0.5) is 13.2 Å². The van der Waals surface area contributed by atoms with E-state index in [4.69, 9.17) is 4.74 Å². The van der Waals surface area contributed by atoms with Gasteiger partial charge in [0.25, 0.3) is 0 Å². The second-order valence-electron chi connectivity index (χ2n) is 7.06. The van der Waals surface area contributed by atoms with E-state index < -0.39 is 12.7 Å². The summed E-state index contributed by atoms with van der Waals surface area (Å²) >= 11 is 0. The molecular weight excluding hydrogens is 281 g/mol. The minimum atomic E-state index is -4.11. The molecular formula is C15H25F3N2O. The molecule has 0 aromatic rings. The van der Waals surface area contributed by atoms with Gasteiger partial charge in [-0.2, -0.15) is 13.2 Å². The van der Waals surface area contributed by atoms with E-state index in [1.54, 1.807) is 4.90 Å². The molecule has 3 nitrogen and oxygen atoms in total. The molecule has 6 heteroatoms. The third-order valence-corrected chi connectivity index (χ3v) is 4.73. The molecule has 0 aromatic heterocycles. The predicted molar refractivity (Wildman–Crippen MR) is 74.2 cm³/mol. The van der Waals surface area contributed by atoms with E-state index in [2.05, 4.69) is 5.32 Å². The monoisotopic (exact) mass is 306 g/mol. The summed E-state index contributed by atoms with van der Waals surface area (Å²) in [6.07, 6.45) is 2.03. The Balaban J connectivity index is 1.62. The molecule has 21 heavy (non-hydrogen) atoms. The van der Waals surface area contributed by atoms with Crippen molar-refractivity contribution in [1.29, 1.82) is 0 Å². The Hall–Kier alpha value is -0.330. The molecule has 2 aliphatic carbocycles. The summed E-state index contributed by atoms with van der Waals surface area (Å²) < 4.78 is 44.0. The average Bonchev–Trinajstić information content (AvgIpc) is 3.28. The second kappa shape index (κ2) is 6.05. The first-order chi connectivity index (χ1) is 9.96. The Morgan fingerprint density at radius 1 is 1.19 bits per heavy atom. The maximum atomic E-state index is 12.8. The van der Waals surface area contributed by atoms with Crippen LogP contribution in [-0.2, 0) is 4.74 Å². The maximum absolute atomic E-state index is 12.8. The molecule has 2 saturated carbocycles. The van der Waals surface area contributed by atoms with Gasteiger partial charge in [0.05, 0.1) is 13.2 Å². The van der Waals surface area contributed by atoms with Gasteiger partial charge in [-0.05, 0) is 38.5 Å². The van der Waals surface area contributed by atoms with Gasteiger partial charge in [-0.25, -0.2) is 0 Å². The fourth-order valence-corrected chi connectivity index (χ4v) is 3.29. The first-order valence-electron chi connectivity index (χ1n) is 8.08. The van der Waals surface area contributed by atoms with Gasteiger partial charge in [0, 0.05) is 37.2 Å². The molecule has 1 heterocycles. The van der Waals surface area contributed by atoms with E-state index >= 15 is 0 Å². The smallest absolute Gasteiger partial charge is 0.381 e. The van der Waals surface area contributed by atoms with E-state index in [9.17, 15) is 13.2 Å². The van der Waals surface area contributed by atoms with Gasteiger partial charge >= 0.3 is 6.18 Å². The number of alkyl halides is 3. The van der Waals surface area contributed by atoms with Gasteiger partial charge < -0.3 is 10.1 Å². The van der Waals surface area contributed by atoms with E-state index in [-0.39, 0.29) is 11.5 Å². The highest BCUT2D eigenvalue weighted by atomic mass is 19.4. The average molecular weight is 306 g/mol. The van der Waals surface area contributed by atoms with Crippen LogP contribution in [0.25, 0.3) is 0 Å². The summed E-state index contributed by atoms with van der Waals surface area (Å²) in [7, 11) is 0. The molecule has 1 unspecified atom stereocenters. The van der Waals surface area contributed by atoms with Gasteiger partial charge in [0.2, 0.25) is 0 Å². The van der Waals surface area contributed by atoms with Crippen molar-refractivity contribution in [1.82, 2.24) is 10.2 Å². The van der Waals surface area contributed by atoms with Gasteiger partial charge in [-0.3, -0.25) is 4.90 Å². The molecule has 3 aliphatic rings. The lowest BCUT2D eigenvalue weighted by Gasteiger charge is -2.41. The lowest BCUT2D eigenvalue weighted by Crippen LogP contribution is -2.51. The first-order valence-corrected chi connectivity index (χ1v) is 8.08. The van der Waals surface area contributed by atoms with Crippen molar-refractivity contribution in [3.63, 3.8) is 0 Å². The minimum Gasteiger partial charge on any atom is -0.381 e. The molecule has 0 spiro atoms. The van der Waals surface area contributed by atoms with E-state index in [1.807, 2.05) is 0 Å². The molecule has 0 bridgehead atoms. The topological polar surface area (TPSA) is 24.5 Å². The van der Waals surface area contributed by atoms with E-state index in [0.717, 1.165) is 38.8 Å². The summed E-state index contributed by atoms with van der Waals surface area (Å²) in [6.45, 7) is 1.86. The Labute approximate surface area is 124 Å². The zero-order chi connectivity index (χ0) is 14.9. The SMILES string of the molecule is FC(F)(F)CN(CC1(CNC2CC2)CCCOC1)C1CC1. The minimum absolute atomic E-state index is 0.131. The zero-order valence-corrected chi connectivity index (χ0v) is 12.4. The van der Waals surface area contributed by atoms with Crippen LogP contribution in [0.2, 0.25) is 0 Å². The van der Waals surface area contributed by atoms with Crippen molar-refractivity contribution >= 4 is 0 Å². The van der Waals surface area contributed by atoms with Crippen molar-refractivity contribution in [2.75, 3.05) is 32.8 Å². The molecule has 1 saturated heterocycles. The second-order valence-corrected chi connectivity index (χ2v) is 7.06. The van der Waals surface area contributed by atoms with Gasteiger partial charge in [0.15, 0.2) is 0 Å². The van der Waals surface area contributed by atoms with Crippen LogP contribution in [0.15, 0.2) is 0 Å². The number of hydrogen-bond acceptors (Lipinski definition) is 3. The van der Waals surface area contributed by atoms with Crippen LogP contribution in [0, 0.1) is 5.41 Å². The van der Waals surface area contributed by atoms with E-state index in [1.165, 1.54) is 12.8 Å². The molecule has 122 valence electrons. The van der Waals surface area contributed by atoms with Gasteiger partial charge in [-0.15, -0.1) is 0 Å². The molecule has 0 aromatic carbocycles. The third kappa shape index (κ3) is 4.83. The lowest BCUT2D eigenvalue weighted by molar-refractivity contribution is -0.153. The largest absolute Gasteiger partial charge is 0.401 e. The first kappa shape index (κ1) is 15.6. The van der Waals surface area contributed by atoms with Crippen LogP contribution in [-0.4, -0.2) is 56.0 Å². The van der Waals surface area contributed by atoms with Crippen LogP contribution in [0.1, 0.15) is 38.5 Å². The molecule has 3 fully saturated rings. The lowest BCUT2D eigenvalue weighted by atomic mass is 9.81. The van der Waals surface area contributed by atoms with Crippen molar-refractivity contribution < 1.29 is 17.9 Å². The molecule has 0 amide bonds. The van der Waals surface area contributed by atoms with Crippen LogP contribution < -0.4 is 5.32 Å². The third-order valence-electron chi connectivity index (χ3n) is 4.73. The van der Waals surface area contributed by atoms with Crippen LogP contribution in [0.5, 0.6) is 0 Å². The summed E-state index contributed by atoms with van der Waals surface area (Å²) in [5, 5.41) is 3.51. The van der Waals surface area contributed by atoms with Crippen molar-refractivity contribution in [2.45, 2.75) is 56.8 Å². The normalized spacial score (nSPS) is 30.9. The highest BCUT2D eigenvalue weighted by molar-refractivity contribution is 4.95. The summed E-state index contributed by atoms with van der Waals surface area (Å²) in [5.41, 5.74) is -0.144. The molecule has 0 radical (unpaired) electrons. The quantitative estimate of drug-likeness (QED) is 0.782. The highest BCUT2D eigenvalue weighted by Crippen LogP contribution is 2.36. The van der Waals surface area contributed by atoms with Crippen molar-refractivity contribution in [3.05, 3.63) is 0 Å². The zero-order valence-electron chi connectivity index (χ0n) is 12.4. The Morgan fingerprint density at radius 3 is 2.48 bits per heavy atom. The summed E-state index contributed by atoms with van der Waals surface area (Å²) in [5.74, 6) is 0. The van der Waals surface area contributed by atoms with Crippen molar-refractivity contribution in [2.24, 2.45) is 5.41 Å².